The van der Waals surface area contributed by atoms with E-state index >= 15 is 0 Å². The number of para-hydroxylation sites is 1. The third kappa shape index (κ3) is 3.73. The third-order valence-corrected chi connectivity index (χ3v) is 4.01. The molecule has 0 unspecified atom stereocenters. The summed E-state index contributed by atoms with van der Waals surface area (Å²) in [5.41, 5.74) is 0.317. The average Bonchev–Trinajstić information content (AvgIpc) is 2.65. The van der Waals surface area contributed by atoms with Gasteiger partial charge in [0.15, 0.2) is 0 Å². The minimum Gasteiger partial charge on any atom is -0.368 e. The van der Waals surface area contributed by atoms with Crippen LogP contribution in [0.25, 0.3) is 0 Å². The fraction of sp³-hybridized carbons (Fsp3) is 0.235. The number of piperazine rings is 1. The standard InChI is InChI=1S/C17H16F2N4O2/c18-13-2-1-3-14(19)16(13)21-17(25)15-10-12(4-5-20-15)23-8-6-22(11-24)7-9-23/h1-5,10-11H,6-9H2,(H,21,25). The number of pyridine rings is 1. The molecular formula is C17H16F2N4O2. The molecule has 25 heavy (non-hydrogen) atoms. The molecule has 0 radical (unpaired) electrons. The highest BCUT2D eigenvalue weighted by Gasteiger charge is 2.18. The van der Waals surface area contributed by atoms with E-state index in [0.29, 0.717) is 26.2 Å². The van der Waals surface area contributed by atoms with E-state index in [9.17, 15) is 18.4 Å². The predicted octanol–water partition coefficient (Wildman–Crippen LogP) is 1.89. The van der Waals surface area contributed by atoms with Crippen molar-refractivity contribution in [1.29, 1.82) is 0 Å². The van der Waals surface area contributed by atoms with E-state index in [2.05, 4.69) is 10.3 Å². The second-order valence-electron chi connectivity index (χ2n) is 5.58. The summed E-state index contributed by atoms with van der Waals surface area (Å²) < 4.78 is 27.3. The number of amides is 2. The highest BCUT2D eigenvalue weighted by Crippen LogP contribution is 2.20. The van der Waals surface area contributed by atoms with Crippen molar-refractivity contribution in [3.8, 4) is 0 Å². The van der Waals surface area contributed by atoms with Crippen LogP contribution in [0.3, 0.4) is 0 Å². The van der Waals surface area contributed by atoms with Crippen LogP contribution < -0.4 is 10.2 Å². The van der Waals surface area contributed by atoms with Gasteiger partial charge in [0, 0.05) is 38.1 Å². The second-order valence-corrected chi connectivity index (χ2v) is 5.58. The minimum atomic E-state index is -0.852. The summed E-state index contributed by atoms with van der Waals surface area (Å²) in [5, 5.41) is 2.22. The van der Waals surface area contributed by atoms with Crippen LogP contribution in [0.15, 0.2) is 36.5 Å². The Bertz CT molecular complexity index is 772. The Balaban J connectivity index is 1.75. The molecule has 0 aliphatic carbocycles. The lowest BCUT2D eigenvalue weighted by Gasteiger charge is -2.34. The van der Waals surface area contributed by atoms with Gasteiger partial charge in [-0.15, -0.1) is 0 Å². The quantitative estimate of drug-likeness (QED) is 0.859. The molecule has 0 saturated carbocycles. The molecule has 3 rings (SSSR count). The van der Waals surface area contributed by atoms with Crippen molar-refractivity contribution in [2.75, 3.05) is 36.4 Å². The van der Waals surface area contributed by atoms with Crippen molar-refractivity contribution in [2.45, 2.75) is 0 Å². The number of anilines is 2. The van der Waals surface area contributed by atoms with Crippen molar-refractivity contribution in [3.05, 3.63) is 53.9 Å². The van der Waals surface area contributed by atoms with Crippen molar-refractivity contribution < 1.29 is 18.4 Å². The fourth-order valence-electron chi connectivity index (χ4n) is 2.62. The van der Waals surface area contributed by atoms with Crippen molar-refractivity contribution >= 4 is 23.7 Å². The molecule has 1 aliphatic rings. The lowest BCUT2D eigenvalue weighted by molar-refractivity contribution is -0.118. The van der Waals surface area contributed by atoms with Gasteiger partial charge in [-0.25, -0.2) is 8.78 Å². The van der Waals surface area contributed by atoms with E-state index in [1.54, 1.807) is 17.0 Å². The van der Waals surface area contributed by atoms with Crippen LogP contribution in [-0.4, -0.2) is 48.4 Å². The van der Waals surface area contributed by atoms with Crippen molar-refractivity contribution in [3.63, 3.8) is 0 Å². The Morgan fingerprint density at radius 3 is 2.44 bits per heavy atom. The maximum Gasteiger partial charge on any atom is 0.274 e. The lowest BCUT2D eigenvalue weighted by Crippen LogP contribution is -2.45. The number of nitrogens with zero attached hydrogens (tertiary/aromatic N) is 3. The number of benzene rings is 1. The zero-order valence-electron chi connectivity index (χ0n) is 13.3. The summed E-state index contributed by atoms with van der Waals surface area (Å²) in [6.45, 7) is 2.44. The summed E-state index contributed by atoms with van der Waals surface area (Å²) in [4.78, 5) is 30.7. The highest BCUT2D eigenvalue weighted by atomic mass is 19.1. The number of hydrogen-bond donors (Lipinski definition) is 1. The Morgan fingerprint density at radius 1 is 1.12 bits per heavy atom. The molecule has 1 fully saturated rings. The van der Waals surface area contributed by atoms with E-state index < -0.39 is 23.2 Å². The Morgan fingerprint density at radius 2 is 1.80 bits per heavy atom. The molecule has 0 spiro atoms. The van der Waals surface area contributed by atoms with Crippen LogP contribution in [0.2, 0.25) is 0 Å². The zero-order chi connectivity index (χ0) is 17.8. The van der Waals surface area contributed by atoms with Crippen LogP contribution in [0.5, 0.6) is 0 Å². The number of rotatable bonds is 4. The van der Waals surface area contributed by atoms with Gasteiger partial charge >= 0.3 is 0 Å². The SMILES string of the molecule is O=CN1CCN(c2ccnc(C(=O)Nc3c(F)cccc3F)c2)CC1. The van der Waals surface area contributed by atoms with Gasteiger partial charge in [-0.05, 0) is 24.3 Å². The topological polar surface area (TPSA) is 65.5 Å². The predicted molar refractivity (Wildman–Crippen MR) is 88.4 cm³/mol. The number of carbonyl (C=O) groups is 2. The van der Waals surface area contributed by atoms with E-state index in [0.717, 1.165) is 24.2 Å². The second kappa shape index (κ2) is 7.25. The number of hydrogen-bond acceptors (Lipinski definition) is 4. The van der Waals surface area contributed by atoms with Gasteiger partial charge in [0.2, 0.25) is 6.41 Å². The number of halogens is 2. The zero-order valence-corrected chi connectivity index (χ0v) is 13.3. The molecular weight excluding hydrogens is 330 g/mol. The molecule has 130 valence electrons. The van der Waals surface area contributed by atoms with Gasteiger partial charge in [-0.3, -0.25) is 14.6 Å². The Labute approximate surface area is 143 Å². The van der Waals surface area contributed by atoms with Crippen LogP contribution in [0, 0.1) is 11.6 Å². The number of nitrogens with one attached hydrogen (secondary N) is 1. The highest BCUT2D eigenvalue weighted by molar-refractivity contribution is 6.03. The van der Waals surface area contributed by atoms with Gasteiger partial charge in [-0.1, -0.05) is 6.07 Å². The van der Waals surface area contributed by atoms with Crippen LogP contribution in [-0.2, 0) is 4.79 Å². The number of aromatic nitrogens is 1. The van der Waals surface area contributed by atoms with Crippen LogP contribution in [0.1, 0.15) is 10.5 Å². The maximum atomic E-state index is 13.7. The molecule has 1 aliphatic heterocycles. The minimum absolute atomic E-state index is 0.0537. The molecule has 6 nitrogen and oxygen atoms in total. The molecule has 0 bridgehead atoms. The summed E-state index contributed by atoms with van der Waals surface area (Å²) in [5.74, 6) is -2.40. The normalized spacial score (nSPS) is 14.3. The Kier molecular flexibility index (Phi) is 4.87. The lowest BCUT2D eigenvalue weighted by atomic mass is 10.2. The van der Waals surface area contributed by atoms with Crippen LogP contribution in [0.4, 0.5) is 20.2 Å². The largest absolute Gasteiger partial charge is 0.368 e. The van der Waals surface area contributed by atoms with Gasteiger partial charge in [0.1, 0.15) is 23.0 Å². The molecule has 2 aromatic rings. The molecule has 1 aromatic carbocycles. The molecule has 1 N–H and O–H groups in total. The van der Waals surface area contributed by atoms with E-state index in [1.807, 2.05) is 4.90 Å². The monoisotopic (exact) mass is 346 g/mol. The smallest absolute Gasteiger partial charge is 0.274 e. The summed E-state index contributed by atoms with van der Waals surface area (Å²) >= 11 is 0. The van der Waals surface area contributed by atoms with E-state index in [4.69, 9.17) is 0 Å². The van der Waals surface area contributed by atoms with Crippen molar-refractivity contribution in [2.24, 2.45) is 0 Å². The van der Waals surface area contributed by atoms with E-state index in [1.165, 1.54) is 12.3 Å². The molecule has 1 aromatic heterocycles. The molecule has 2 heterocycles. The molecule has 8 heteroatoms. The van der Waals surface area contributed by atoms with Gasteiger partial charge in [0.25, 0.3) is 5.91 Å². The first-order valence-corrected chi connectivity index (χ1v) is 7.74. The van der Waals surface area contributed by atoms with Crippen molar-refractivity contribution in [1.82, 2.24) is 9.88 Å². The van der Waals surface area contributed by atoms with Gasteiger partial charge in [-0.2, -0.15) is 0 Å². The average molecular weight is 346 g/mol. The maximum absolute atomic E-state index is 13.7. The molecule has 0 atom stereocenters. The molecule has 1 saturated heterocycles. The fourth-order valence-corrected chi connectivity index (χ4v) is 2.62. The first kappa shape index (κ1) is 16.8. The summed E-state index contributed by atoms with van der Waals surface area (Å²) in [7, 11) is 0. The summed E-state index contributed by atoms with van der Waals surface area (Å²) in [6, 6.07) is 6.66. The van der Waals surface area contributed by atoms with E-state index in [-0.39, 0.29) is 5.69 Å². The number of carbonyl (C=O) groups excluding carboxylic acids is 2. The van der Waals surface area contributed by atoms with Gasteiger partial charge in [0.05, 0.1) is 0 Å². The first-order chi connectivity index (χ1) is 12.1. The van der Waals surface area contributed by atoms with Gasteiger partial charge < -0.3 is 15.1 Å². The first-order valence-electron chi connectivity index (χ1n) is 7.74. The Hall–Kier alpha value is -3.03. The third-order valence-electron chi connectivity index (χ3n) is 4.01. The summed E-state index contributed by atoms with van der Waals surface area (Å²) in [6.07, 6.45) is 2.28. The molecule has 2 amide bonds. The van der Waals surface area contributed by atoms with Crippen LogP contribution >= 0.6 is 0 Å².